The SMILES string of the molecule is CN(C)C(=O)CN1Cc2c(F)cc(N3CCC(Oc4ccc(O)nc4)C3=O)cc2C1=O. The Kier molecular flexibility index (Phi) is 5.22. The molecule has 1 N–H and O–H groups in total. The molecule has 162 valence electrons. The van der Waals surface area contributed by atoms with Crippen LogP contribution in [0.4, 0.5) is 10.1 Å². The third kappa shape index (κ3) is 3.88. The molecule has 10 heteroatoms. The number of rotatable bonds is 5. The Labute approximate surface area is 177 Å². The van der Waals surface area contributed by atoms with E-state index in [1.54, 1.807) is 14.1 Å². The fourth-order valence-corrected chi connectivity index (χ4v) is 3.62. The summed E-state index contributed by atoms with van der Waals surface area (Å²) in [6.45, 7) is 0.159. The van der Waals surface area contributed by atoms with Crippen molar-refractivity contribution in [3.05, 3.63) is 47.4 Å². The lowest BCUT2D eigenvalue weighted by Gasteiger charge is -2.18. The number of amides is 3. The smallest absolute Gasteiger partial charge is 0.268 e. The van der Waals surface area contributed by atoms with Crippen LogP contribution < -0.4 is 9.64 Å². The number of likely N-dealkylation sites (N-methyl/N-ethyl adjacent to an activating group) is 1. The maximum Gasteiger partial charge on any atom is 0.268 e. The lowest BCUT2D eigenvalue weighted by atomic mass is 10.1. The number of aromatic hydroxyl groups is 1. The molecule has 31 heavy (non-hydrogen) atoms. The number of aromatic nitrogens is 1. The van der Waals surface area contributed by atoms with E-state index >= 15 is 0 Å². The summed E-state index contributed by atoms with van der Waals surface area (Å²) >= 11 is 0. The zero-order valence-corrected chi connectivity index (χ0v) is 17.0. The lowest BCUT2D eigenvalue weighted by molar-refractivity contribution is -0.129. The molecule has 1 atom stereocenters. The maximum absolute atomic E-state index is 14.8. The fourth-order valence-electron chi connectivity index (χ4n) is 3.62. The second-order valence-electron chi connectivity index (χ2n) is 7.64. The van der Waals surface area contributed by atoms with Crippen LogP contribution in [0.2, 0.25) is 0 Å². The summed E-state index contributed by atoms with van der Waals surface area (Å²) in [6.07, 6.45) is 0.894. The minimum atomic E-state index is -0.785. The summed E-state index contributed by atoms with van der Waals surface area (Å²) in [4.78, 5) is 45.2. The van der Waals surface area contributed by atoms with Crippen LogP contribution in [0.15, 0.2) is 30.5 Å². The Balaban J connectivity index is 1.52. The molecule has 0 spiro atoms. The first-order valence-corrected chi connectivity index (χ1v) is 9.69. The van der Waals surface area contributed by atoms with E-state index in [4.69, 9.17) is 4.74 Å². The van der Waals surface area contributed by atoms with Crippen molar-refractivity contribution in [2.24, 2.45) is 0 Å². The van der Waals surface area contributed by atoms with Crippen molar-refractivity contribution in [1.82, 2.24) is 14.8 Å². The quantitative estimate of drug-likeness (QED) is 0.767. The van der Waals surface area contributed by atoms with E-state index in [9.17, 15) is 23.9 Å². The predicted molar refractivity (Wildman–Crippen MR) is 107 cm³/mol. The maximum atomic E-state index is 14.8. The van der Waals surface area contributed by atoms with Crippen LogP contribution in [0.25, 0.3) is 0 Å². The normalized spacial score (nSPS) is 17.8. The minimum absolute atomic E-state index is 0.00734. The number of hydrogen-bond acceptors (Lipinski definition) is 6. The number of benzene rings is 1. The molecule has 0 saturated carbocycles. The van der Waals surface area contributed by atoms with E-state index < -0.39 is 17.8 Å². The van der Waals surface area contributed by atoms with Crippen LogP contribution in [-0.2, 0) is 16.1 Å². The van der Waals surface area contributed by atoms with Crippen molar-refractivity contribution < 1.29 is 28.6 Å². The number of carbonyl (C=O) groups excluding carboxylic acids is 3. The summed E-state index contributed by atoms with van der Waals surface area (Å²) in [7, 11) is 3.17. The monoisotopic (exact) mass is 428 g/mol. The van der Waals surface area contributed by atoms with Crippen LogP contribution in [-0.4, -0.2) is 70.9 Å². The summed E-state index contributed by atoms with van der Waals surface area (Å²) in [5.41, 5.74) is 0.640. The second kappa shape index (κ2) is 7.86. The van der Waals surface area contributed by atoms with Gasteiger partial charge in [-0.05, 0) is 18.2 Å². The van der Waals surface area contributed by atoms with Gasteiger partial charge in [0, 0.05) is 49.9 Å². The molecule has 1 unspecified atom stereocenters. The molecule has 2 aliphatic heterocycles. The molecule has 9 nitrogen and oxygen atoms in total. The number of halogens is 1. The first-order chi connectivity index (χ1) is 14.7. The van der Waals surface area contributed by atoms with E-state index in [1.807, 2.05) is 0 Å². The van der Waals surface area contributed by atoms with Gasteiger partial charge in [0.1, 0.15) is 18.1 Å². The van der Waals surface area contributed by atoms with Gasteiger partial charge in [-0.2, -0.15) is 0 Å². The molecule has 2 aliphatic rings. The highest BCUT2D eigenvalue weighted by Crippen LogP contribution is 2.32. The van der Waals surface area contributed by atoms with Crippen LogP contribution in [0.3, 0.4) is 0 Å². The Hall–Kier alpha value is -3.69. The second-order valence-corrected chi connectivity index (χ2v) is 7.64. The average molecular weight is 428 g/mol. The van der Waals surface area contributed by atoms with Gasteiger partial charge in [-0.1, -0.05) is 0 Å². The molecule has 2 aromatic rings. The molecule has 3 amide bonds. The van der Waals surface area contributed by atoms with Gasteiger partial charge < -0.3 is 24.5 Å². The van der Waals surface area contributed by atoms with Gasteiger partial charge in [0.15, 0.2) is 6.10 Å². The topological polar surface area (TPSA) is 103 Å². The molecule has 1 aromatic carbocycles. The number of fused-ring (bicyclic) bond motifs is 1. The molecule has 0 bridgehead atoms. The highest BCUT2D eigenvalue weighted by atomic mass is 19.1. The Morgan fingerprint density at radius 1 is 1.32 bits per heavy atom. The zero-order valence-electron chi connectivity index (χ0n) is 17.0. The number of nitrogens with zero attached hydrogens (tertiary/aromatic N) is 4. The van der Waals surface area contributed by atoms with Crippen molar-refractivity contribution in [2.75, 3.05) is 32.1 Å². The van der Waals surface area contributed by atoms with Crippen molar-refractivity contribution in [3.8, 4) is 11.6 Å². The number of pyridine rings is 1. The molecule has 1 saturated heterocycles. The predicted octanol–water partition coefficient (Wildman–Crippen LogP) is 1.15. The Morgan fingerprint density at radius 2 is 2.10 bits per heavy atom. The number of hydrogen-bond donors (Lipinski definition) is 1. The standard InChI is InChI=1S/C21H21FN4O5/c1-24(2)19(28)11-25-10-15-14(20(25)29)7-12(8-16(15)22)26-6-5-17(21(26)30)31-13-3-4-18(27)23-9-13/h3-4,7-9,17H,5-6,10-11H2,1-2H3,(H,23,27). The van der Waals surface area contributed by atoms with Crippen molar-refractivity contribution >= 4 is 23.4 Å². The van der Waals surface area contributed by atoms with Gasteiger partial charge in [-0.25, -0.2) is 9.37 Å². The molecular weight excluding hydrogens is 407 g/mol. The number of ether oxygens (including phenoxy) is 1. The van der Waals surface area contributed by atoms with Gasteiger partial charge in [-0.3, -0.25) is 14.4 Å². The molecule has 1 fully saturated rings. The minimum Gasteiger partial charge on any atom is -0.493 e. The molecule has 0 radical (unpaired) electrons. The summed E-state index contributed by atoms with van der Waals surface area (Å²) in [6, 6.07) is 5.56. The van der Waals surface area contributed by atoms with Gasteiger partial charge in [0.25, 0.3) is 11.8 Å². The highest BCUT2D eigenvalue weighted by Gasteiger charge is 2.37. The Bertz CT molecular complexity index is 1060. The largest absolute Gasteiger partial charge is 0.493 e. The highest BCUT2D eigenvalue weighted by molar-refractivity contribution is 6.03. The number of carbonyl (C=O) groups is 3. The summed E-state index contributed by atoms with van der Waals surface area (Å²) < 4.78 is 20.4. The third-order valence-corrected chi connectivity index (χ3v) is 5.34. The van der Waals surface area contributed by atoms with E-state index in [0.717, 1.165) is 0 Å². The fraction of sp³-hybridized carbons (Fsp3) is 0.333. The molecular formula is C21H21FN4O5. The first-order valence-electron chi connectivity index (χ1n) is 9.69. The van der Waals surface area contributed by atoms with Crippen LogP contribution in [0.1, 0.15) is 22.3 Å². The number of anilines is 1. The van der Waals surface area contributed by atoms with Crippen LogP contribution in [0, 0.1) is 5.82 Å². The van der Waals surface area contributed by atoms with Gasteiger partial charge in [0.05, 0.1) is 12.7 Å². The van der Waals surface area contributed by atoms with Gasteiger partial charge >= 0.3 is 0 Å². The zero-order chi connectivity index (χ0) is 22.3. The first kappa shape index (κ1) is 20.6. The van der Waals surface area contributed by atoms with E-state index in [1.165, 1.54) is 45.2 Å². The van der Waals surface area contributed by atoms with E-state index in [2.05, 4.69) is 4.98 Å². The molecule has 0 aliphatic carbocycles. The van der Waals surface area contributed by atoms with Crippen LogP contribution in [0.5, 0.6) is 11.6 Å². The van der Waals surface area contributed by atoms with E-state index in [-0.39, 0.29) is 47.6 Å². The van der Waals surface area contributed by atoms with Gasteiger partial charge in [0.2, 0.25) is 11.8 Å². The molecule has 1 aromatic heterocycles. The summed E-state index contributed by atoms with van der Waals surface area (Å²) in [5.74, 6) is -1.50. The average Bonchev–Trinajstić information content (AvgIpc) is 3.24. The molecule has 4 rings (SSSR count). The van der Waals surface area contributed by atoms with Crippen molar-refractivity contribution in [1.29, 1.82) is 0 Å². The van der Waals surface area contributed by atoms with Gasteiger partial charge in [-0.15, -0.1) is 0 Å². The van der Waals surface area contributed by atoms with Crippen LogP contribution >= 0.6 is 0 Å². The lowest BCUT2D eigenvalue weighted by Crippen LogP contribution is -2.36. The Morgan fingerprint density at radius 3 is 2.77 bits per heavy atom. The molecule has 3 heterocycles. The summed E-state index contributed by atoms with van der Waals surface area (Å²) in [5, 5.41) is 9.25. The van der Waals surface area contributed by atoms with E-state index in [0.29, 0.717) is 18.7 Å². The van der Waals surface area contributed by atoms with Crippen molar-refractivity contribution in [2.45, 2.75) is 19.1 Å². The third-order valence-electron chi connectivity index (χ3n) is 5.34. The van der Waals surface area contributed by atoms with Crippen molar-refractivity contribution in [3.63, 3.8) is 0 Å².